The number of carbonyl (C=O) groups is 2. The first-order chi connectivity index (χ1) is 15.4. The fraction of sp³-hybridized carbons (Fsp3) is 0.360. The largest absolute Gasteiger partial charge is 0.496 e. The summed E-state index contributed by atoms with van der Waals surface area (Å²) < 4.78 is 18.4. The minimum atomic E-state index is -0.542. The summed E-state index contributed by atoms with van der Waals surface area (Å²) in [4.78, 5) is 25.2. The molecule has 1 heterocycles. The molecule has 0 atom stereocenters. The molecule has 1 N–H and O–H groups in total. The van der Waals surface area contributed by atoms with Crippen molar-refractivity contribution in [3.05, 3.63) is 47.7 Å². The third-order valence-corrected chi connectivity index (χ3v) is 6.12. The van der Waals surface area contributed by atoms with Gasteiger partial charge < -0.3 is 18.8 Å². The first-order valence-electron chi connectivity index (χ1n) is 10.8. The third kappa shape index (κ3) is 3.90. The molecule has 0 spiro atoms. The summed E-state index contributed by atoms with van der Waals surface area (Å²) in [6.45, 7) is 1.81. The zero-order chi connectivity index (χ0) is 22.8. The molecule has 1 saturated carbocycles. The van der Waals surface area contributed by atoms with E-state index < -0.39 is 12.1 Å². The summed E-state index contributed by atoms with van der Waals surface area (Å²) in [7, 11) is 4.85. The molecule has 0 aliphatic heterocycles. The topological polar surface area (TPSA) is 78.8 Å². The monoisotopic (exact) mass is 436 g/mol. The van der Waals surface area contributed by atoms with Crippen LogP contribution in [0.4, 0.5) is 10.5 Å². The number of hydrogen-bond acceptors (Lipinski definition) is 5. The minimum Gasteiger partial charge on any atom is -0.496 e. The normalized spacial score (nSPS) is 13.9. The van der Waals surface area contributed by atoms with Crippen molar-refractivity contribution in [1.82, 2.24) is 4.57 Å². The molecule has 1 fully saturated rings. The number of ether oxygens (including phenoxy) is 3. The summed E-state index contributed by atoms with van der Waals surface area (Å²) >= 11 is 0. The van der Waals surface area contributed by atoms with Crippen molar-refractivity contribution >= 4 is 28.7 Å². The number of esters is 1. The van der Waals surface area contributed by atoms with E-state index in [9.17, 15) is 9.59 Å². The van der Waals surface area contributed by atoms with Crippen LogP contribution in [0.15, 0.2) is 36.5 Å². The van der Waals surface area contributed by atoms with Gasteiger partial charge in [-0.2, -0.15) is 0 Å². The average molecular weight is 437 g/mol. The van der Waals surface area contributed by atoms with E-state index in [1.807, 2.05) is 42.1 Å². The molecule has 7 nitrogen and oxygen atoms in total. The second-order valence-electron chi connectivity index (χ2n) is 8.10. The van der Waals surface area contributed by atoms with E-state index in [1.54, 1.807) is 20.1 Å². The average Bonchev–Trinajstić information content (AvgIpc) is 3.41. The van der Waals surface area contributed by atoms with Crippen molar-refractivity contribution in [1.29, 1.82) is 0 Å². The minimum absolute atomic E-state index is 0.0802. The molecule has 1 amide bonds. The van der Waals surface area contributed by atoms with E-state index in [0.717, 1.165) is 42.1 Å². The maximum atomic E-state index is 12.8. The smallest absolute Gasteiger partial charge is 0.411 e. The molecule has 3 aromatic rings. The van der Waals surface area contributed by atoms with Gasteiger partial charge in [0.1, 0.15) is 11.9 Å². The van der Waals surface area contributed by atoms with Gasteiger partial charge in [0.15, 0.2) is 0 Å². The number of benzene rings is 2. The Bertz CT molecular complexity index is 1170. The number of carbonyl (C=O) groups excluding carboxylic acids is 2. The molecule has 0 bridgehead atoms. The van der Waals surface area contributed by atoms with Crippen LogP contribution in [0.3, 0.4) is 0 Å². The second kappa shape index (κ2) is 8.94. The Morgan fingerprint density at radius 2 is 1.84 bits per heavy atom. The second-order valence-corrected chi connectivity index (χ2v) is 8.10. The number of hydrogen-bond donors (Lipinski definition) is 1. The van der Waals surface area contributed by atoms with Crippen molar-refractivity contribution in [2.45, 2.75) is 38.7 Å². The number of methoxy groups -OCH3 is 2. The third-order valence-electron chi connectivity index (χ3n) is 6.12. The number of nitrogens with zero attached hydrogens (tertiary/aromatic N) is 1. The van der Waals surface area contributed by atoms with Gasteiger partial charge in [-0.05, 0) is 44.7 Å². The Kier molecular flexibility index (Phi) is 6.08. The van der Waals surface area contributed by atoms with Crippen molar-refractivity contribution in [2.24, 2.45) is 7.05 Å². The zero-order valence-electron chi connectivity index (χ0n) is 18.9. The van der Waals surface area contributed by atoms with Crippen LogP contribution in [-0.4, -0.2) is 37.0 Å². The maximum Gasteiger partial charge on any atom is 0.411 e. The summed E-state index contributed by atoms with van der Waals surface area (Å²) in [5, 5.41) is 3.88. The van der Waals surface area contributed by atoms with Crippen molar-refractivity contribution in [3.63, 3.8) is 0 Å². The van der Waals surface area contributed by atoms with Gasteiger partial charge in [0.25, 0.3) is 0 Å². The quantitative estimate of drug-likeness (QED) is 0.539. The van der Waals surface area contributed by atoms with E-state index >= 15 is 0 Å². The summed E-state index contributed by atoms with van der Waals surface area (Å²) in [6, 6.07) is 9.63. The van der Waals surface area contributed by atoms with Crippen LogP contribution in [-0.2, 0) is 16.5 Å². The lowest BCUT2D eigenvalue weighted by atomic mass is 9.95. The molecular formula is C25H28N2O5. The Balaban J connectivity index is 1.89. The van der Waals surface area contributed by atoms with E-state index in [-0.39, 0.29) is 6.10 Å². The molecule has 0 radical (unpaired) electrons. The van der Waals surface area contributed by atoms with Crippen LogP contribution in [0.1, 0.15) is 41.6 Å². The van der Waals surface area contributed by atoms with Gasteiger partial charge in [0, 0.05) is 40.8 Å². The van der Waals surface area contributed by atoms with Crippen molar-refractivity contribution < 1.29 is 23.8 Å². The Hall–Kier alpha value is -3.48. The summed E-state index contributed by atoms with van der Waals surface area (Å²) in [5.74, 6) is -0.00194. The Morgan fingerprint density at radius 1 is 1.12 bits per heavy atom. The highest BCUT2D eigenvalue weighted by Gasteiger charge is 2.26. The number of aromatic nitrogens is 1. The van der Waals surface area contributed by atoms with Gasteiger partial charge in [-0.1, -0.05) is 18.2 Å². The van der Waals surface area contributed by atoms with Crippen LogP contribution in [0, 0.1) is 6.92 Å². The number of amides is 1. The number of para-hydroxylation sites is 1. The molecule has 0 saturated heterocycles. The van der Waals surface area contributed by atoms with E-state index in [2.05, 4.69) is 5.32 Å². The highest BCUT2D eigenvalue weighted by atomic mass is 16.6. The van der Waals surface area contributed by atoms with Crippen LogP contribution >= 0.6 is 0 Å². The van der Waals surface area contributed by atoms with E-state index in [4.69, 9.17) is 14.2 Å². The van der Waals surface area contributed by atoms with Gasteiger partial charge in [-0.15, -0.1) is 0 Å². The van der Waals surface area contributed by atoms with Gasteiger partial charge in [-0.25, -0.2) is 9.59 Å². The molecule has 4 rings (SSSR count). The van der Waals surface area contributed by atoms with E-state index in [1.165, 1.54) is 7.11 Å². The Labute approximate surface area is 187 Å². The number of fused-ring (bicyclic) bond motifs is 1. The summed E-state index contributed by atoms with van der Waals surface area (Å²) in [6.07, 6.45) is 5.23. The van der Waals surface area contributed by atoms with Crippen LogP contribution in [0.5, 0.6) is 5.75 Å². The highest BCUT2D eigenvalue weighted by molar-refractivity contribution is 6.06. The predicted octanol–water partition coefficient (Wildman–Crippen LogP) is 5.44. The molecule has 168 valence electrons. The fourth-order valence-corrected chi connectivity index (χ4v) is 4.54. The SMILES string of the molecule is COC(=O)c1cc(NC(=O)OC2CCCC2)c(-c2cn(C)c3ccccc23)c(OC)c1C. The number of aryl methyl sites for hydroxylation is 1. The van der Waals surface area contributed by atoms with Crippen LogP contribution < -0.4 is 10.1 Å². The molecule has 2 aromatic carbocycles. The highest BCUT2D eigenvalue weighted by Crippen LogP contribution is 2.44. The fourth-order valence-electron chi connectivity index (χ4n) is 4.54. The lowest BCUT2D eigenvalue weighted by Gasteiger charge is -2.20. The van der Waals surface area contributed by atoms with Crippen LogP contribution in [0.25, 0.3) is 22.0 Å². The lowest BCUT2D eigenvalue weighted by Crippen LogP contribution is -2.21. The zero-order valence-corrected chi connectivity index (χ0v) is 18.9. The van der Waals surface area contributed by atoms with Gasteiger partial charge in [0.2, 0.25) is 0 Å². The number of nitrogens with one attached hydrogen (secondary N) is 1. The molecule has 1 aliphatic rings. The summed E-state index contributed by atoms with van der Waals surface area (Å²) in [5.41, 5.74) is 4.01. The van der Waals surface area contributed by atoms with Gasteiger partial charge >= 0.3 is 12.1 Å². The standard InChI is InChI=1S/C25H28N2O5/c1-15-18(24(28)31-4)13-20(26-25(29)32-16-9-5-6-10-16)22(23(15)30-3)19-14-27(2)21-12-8-7-11-17(19)21/h7-8,11-14,16H,5-6,9-10H2,1-4H3,(H,26,29). The molecule has 1 aromatic heterocycles. The lowest BCUT2D eigenvalue weighted by molar-refractivity contribution is 0.0599. The Morgan fingerprint density at radius 3 is 2.53 bits per heavy atom. The molecule has 0 unspecified atom stereocenters. The molecule has 1 aliphatic carbocycles. The number of anilines is 1. The predicted molar refractivity (Wildman–Crippen MR) is 123 cm³/mol. The maximum absolute atomic E-state index is 12.8. The number of rotatable bonds is 5. The van der Waals surface area contributed by atoms with Crippen molar-refractivity contribution in [3.8, 4) is 16.9 Å². The first-order valence-corrected chi connectivity index (χ1v) is 10.8. The first kappa shape index (κ1) is 21.7. The molecule has 7 heteroatoms. The molecular weight excluding hydrogens is 408 g/mol. The van der Waals surface area contributed by atoms with Gasteiger partial charge in [0.05, 0.1) is 25.5 Å². The van der Waals surface area contributed by atoms with E-state index in [0.29, 0.717) is 28.1 Å². The van der Waals surface area contributed by atoms with Crippen molar-refractivity contribution in [2.75, 3.05) is 19.5 Å². The van der Waals surface area contributed by atoms with Gasteiger partial charge in [-0.3, -0.25) is 5.32 Å². The molecule has 32 heavy (non-hydrogen) atoms. The van der Waals surface area contributed by atoms with Crippen LogP contribution in [0.2, 0.25) is 0 Å².